The van der Waals surface area contributed by atoms with Crippen molar-refractivity contribution in [3.05, 3.63) is 18.0 Å². The Morgan fingerprint density at radius 2 is 2.20 bits per heavy atom. The second-order valence-electron chi connectivity index (χ2n) is 4.25. The number of halogens is 2. The average molecular weight is 215 g/mol. The van der Waals surface area contributed by atoms with E-state index in [1.165, 1.54) is 0 Å². The Hall–Kier alpha value is -0.970. The lowest BCUT2D eigenvalue weighted by molar-refractivity contribution is -0.125. The van der Waals surface area contributed by atoms with Crippen LogP contribution in [0.2, 0.25) is 0 Å². The second kappa shape index (κ2) is 3.27. The van der Waals surface area contributed by atoms with E-state index in [1.807, 2.05) is 13.1 Å². The van der Waals surface area contributed by atoms with Crippen molar-refractivity contribution < 1.29 is 8.78 Å². The van der Waals surface area contributed by atoms with E-state index in [9.17, 15) is 8.78 Å². The molecule has 1 heterocycles. The second-order valence-corrected chi connectivity index (χ2v) is 4.25. The number of aryl methyl sites for hydroxylation is 1. The van der Waals surface area contributed by atoms with E-state index in [1.54, 1.807) is 10.7 Å². The van der Waals surface area contributed by atoms with E-state index in [2.05, 4.69) is 5.10 Å². The van der Waals surface area contributed by atoms with Gasteiger partial charge in [0.15, 0.2) is 0 Å². The lowest BCUT2D eigenvalue weighted by Crippen LogP contribution is -2.54. The number of nitrogens with two attached hydrogens (primary N) is 1. The maximum Gasteiger partial charge on any atom is 0.250 e. The molecule has 0 amide bonds. The van der Waals surface area contributed by atoms with Crippen LogP contribution in [-0.2, 0) is 12.0 Å². The molecule has 0 saturated heterocycles. The molecular formula is C10H15F2N3. The smallest absolute Gasteiger partial charge is 0.250 e. The van der Waals surface area contributed by atoms with Gasteiger partial charge in [-0.3, -0.25) is 4.68 Å². The van der Waals surface area contributed by atoms with Gasteiger partial charge in [-0.15, -0.1) is 0 Å². The highest BCUT2D eigenvalue weighted by Crippen LogP contribution is 2.52. The van der Waals surface area contributed by atoms with Gasteiger partial charge < -0.3 is 5.73 Å². The van der Waals surface area contributed by atoms with Gasteiger partial charge in [0.25, 0.3) is 0 Å². The molecule has 0 unspecified atom stereocenters. The molecule has 0 aliphatic heterocycles. The molecule has 1 saturated carbocycles. The summed E-state index contributed by atoms with van der Waals surface area (Å²) in [6.07, 6.45) is 1.47. The lowest BCUT2D eigenvalue weighted by atomic mass is 9.64. The van der Waals surface area contributed by atoms with Gasteiger partial charge in [-0.25, -0.2) is 8.78 Å². The zero-order valence-electron chi connectivity index (χ0n) is 8.71. The van der Waals surface area contributed by atoms with Crippen molar-refractivity contribution in [2.45, 2.75) is 37.6 Å². The number of alkyl halides is 2. The lowest BCUT2D eigenvalue weighted by Gasteiger charge is -2.45. The molecule has 0 bridgehead atoms. The topological polar surface area (TPSA) is 43.8 Å². The van der Waals surface area contributed by atoms with Gasteiger partial charge in [-0.2, -0.15) is 5.10 Å². The van der Waals surface area contributed by atoms with Crippen LogP contribution in [0.5, 0.6) is 0 Å². The summed E-state index contributed by atoms with van der Waals surface area (Å²) in [5.74, 6) is -2.56. The van der Waals surface area contributed by atoms with Crippen molar-refractivity contribution in [1.29, 1.82) is 0 Å². The van der Waals surface area contributed by atoms with Crippen molar-refractivity contribution in [3.63, 3.8) is 0 Å². The van der Waals surface area contributed by atoms with Gasteiger partial charge in [-0.1, -0.05) is 0 Å². The maximum atomic E-state index is 12.9. The number of hydrogen-bond acceptors (Lipinski definition) is 2. The summed E-state index contributed by atoms with van der Waals surface area (Å²) in [6.45, 7) is 2.95. The first-order chi connectivity index (χ1) is 7.01. The molecule has 0 aromatic carbocycles. The fraction of sp³-hybridized carbons (Fsp3) is 0.700. The van der Waals surface area contributed by atoms with Crippen LogP contribution in [0.4, 0.5) is 8.78 Å². The molecule has 1 aliphatic rings. The molecule has 1 aliphatic carbocycles. The Labute approximate surface area is 87.3 Å². The Kier molecular flexibility index (Phi) is 2.30. The van der Waals surface area contributed by atoms with Crippen LogP contribution in [0, 0.1) is 0 Å². The third-order valence-electron chi connectivity index (χ3n) is 3.09. The predicted octanol–water partition coefficient (Wildman–Crippen LogP) is 1.53. The molecule has 2 N–H and O–H groups in total. The maximum absolute atomic E-state index is 12.9. The Morgan fingerprint density at radius 1 is 1.53 bits per heavy atom. The number of nitrogens with zero attached hydrogens (tertiary/aromatic N) is 2. The minimum absolute atomic E-state index is 0.169. The van der Waals surface area contributed by atoms with Crippen molar-refractivity contribution in [2.24, 2.45) is 5.73 Å². The van der Waals surface area contributed by atoms with E-state index in [4.69, 9.17) is 5.73 Å². The molecule has 5 heteroatoms. The van der Waals surface area contributed by atoms with E-state index < -0.39 is 11.3 Å². The molecule has 1 aromatic rings. The molecule has 0 atom stereocenters. The standard InChI is InChI=1S/C10H15F2N3/c1-2-15-4-3-8(14-15)9(7-13)5-10(11,12)6-9/h3-4H,2,5-7,13H2,1H3. The summed E-state index contributed by atoms with van der Waals surface area (Å²) in [5.41, 5.74) is 5.70. The fourth-order valence-corrected chi connectivity index (χ4v) is 2.19. The van der Waals surface area contributed by atoms with Crippen molar-refractivity contribution in [1.82, 2.24) is 9.78 Å². The summed E-state index contributed by atoms with van der Waals surface area (Å²) in [5, 5.41) is 4.26. The minimum Gasteiger partial charge on any atom is -0.330 e. The fourth-order valence-electron chi connectivity index (χ4n) is 2.19. The van der Waals surface area contributed by atoms with Crippen LogP contribution in [0.3, 0.4) is 0 Å². The molecule has 3 nitrogen and oxygen atoms in total. The van der Waals surface area contributed by atoms with Gasteiger partial charge >= 0.3 is 0 Å². The third-order valence-corrected chi connectivity index (χ3v) is 3.09. The highest BCUT2D eigenvalue weighted by molar-refractivity contribution is 5.23. The Bertz CT molecular complexity index is 351. The SMILES string of the molecule is CCn1ccc(C2(CN)CC(F)(F)C2)n1. The van der Waals surface area contributed by atoms with Gasteiger partial charge in [0, 0.05) is 37.5 Å². The van der Waals surface area contributed by atoms with Crippen LogP contribution in [-0.4, -0.2) is 22.2 Å². The van der Waals surface area contributed by atoms with Crippen LogP contribution in [0.15, 0.2) is 12.3 Å². The summed E-state index contributed by atoms with van der Waals surface area (Å²) in [4.78, 5) is 0. The molecule has 1 fully saturated rings. The van der Waals surface area contributed by atoms with E-state index in [0.717, 1.165) is 6.54 Å². The number of rotatable bonds is 3. The Balaban J connectivity index is 2.21. The van der Waals surface area contributed by atoms with Gasteiger partial charge in [-0.05, 0) is 13.0 Å². The highest BCUT2D eigenvalue weighted by Gasteiger charge is 2.57. The molecule has 0 radical (unpaired) electrons. The first-order valence-electron chi connectivity index (χ1n) is 5.13. The van der Waals surface area contributed by atoms with Gasteiger partial charge in [0.2, 0.25) is 5.92 Å². The monoisotopic (exact) mass is 215 g/mol. The zero-order chi connectivity index (χ0) is 11.1. The van der Waals surface area contributed by atoms with Crippen LogP contribution >= 0.6 is 0 Å². The summed E-state index contributed by atoms with van der Waals surface area (Å²) in [7, 11) is 0. The van der Waals surface area contributed by atoms with E-state index >= 15 is 0 Å². The van der Waals surface area contributed by atoms with Crippen LogP contribution in [0.1, 0.15) is 25.5 Å². The molecular weight excluding hydrogens is 200 g/mol. The molecule has 15 heavy (non-hydrogen) atoms. The van der Waals surface area contributed by atoms with Crippen LogP contribution in [0.25, 0.3) is 0 Å². The van der Waals surface area contributed by atoms with Gasteiger partial charge in [0.1, 0.15) is 0 Å². The van der Waals surface area contributed by atoms with E-state index in [0.29, 0.717) is 5.69 Å². The average Bonchev–Trinajstić information content (AvgIpc) is 2.61. The third kappa shape index (κ3) is 1.65. The normalized spacial score (nSPS) is 22.4. The summed E-state index contributed by atoms with van der Waals surface area (Å²) < 4.78 is 27.5. The molecule has 84 valence electrons. The minimum atomic E-state index is -2.56. The first-order valence-corrected chi connectivity index (χ1v) is 5.13. The van der Waals surface area contributed by atoms with Crippen molar-refractivity contribution in [3.8, 4) is 0 Å². The largest absolute Gasteiger partial charge is 0.330 e. The predicted molar refractivity (Wildman–Crippen MR) is 52.8 cm³/mol. The van der Waals surface area contributed by atoms with Crippen molar-refractivity contribution in [2.75, 3.05) is 6.54 Å². The quantitative estimate of drug-likeness (QED) is 0.831. The Morgan fingerprint density at radius 3 is 2.60 bits per heavy atom. The molecule has 2 rings (SSSR count). The first kappa shape index (κ1) is 10.5. The highest BCUT2D eigenvalue weighted by atomic mass is 19.3. The molecule has 1 aromatic heterocycles. The number of hydrogen-bond donors (Lipinski definition) is 1. The van der Waals surface area contributed by atoms with Crippen molar-refractivity contribution >= 4 is 0 Å². The summed E-state index contributed by atoms with van der Waals surface area (Å²) in [6, 6.07) is 1.80. The zero-order valence-corrected chi connectivity index (χ0v) is 8.71. The molecule has 0 spiro atoms. The van der Waals surface area contributed by atoms with Gasteiger partial charge in [0.05, 0.1) is 5.69 Å². The number of aromatic nitrogens is 2. The van der Waals surface area contributed by atoms with E-state index in [-0.39, 0.29) is 19.4 Å². The summed E-state index contributed by atoms with van der Waals surface area (Å²) >= 11 is 0. The van der Waals surface area contributed by atoms with Crippen LogP contribution < -0.4 is 5.73 Å².